The van der Waals surface area contributed by atoms with Crippen LogP contribution in [0.25, 0.3) is 0 Å². The summed E-state index contributed by atoms with van der Waals surface area (Å²) >= 11 is 0. The van der Waals surface area contributed by atoms with Crippen molar-refractivity contribution in [3.63, 3.8) is 0 Å². The first-order valence-electron chi connectivity index (χ1n) is 4.46. The Bertz CT molecular complexity index is 190. The van der Waals surface area contributed by atoms with Crippen LogP contribution in [0.2, 0.25) is 0 Å². The molecule has 0 aromatic rings. The molecule has 0 fully saturated rings. The van der Waals surface area contributed by atoms with Crippen LogP contribution in [0.1, 0.15) is 27.2 Å². The van der Waals surface area contributed by atoms with Crippen molar-refractivity contribution in [3.8, 4) is 0 Å². The number of hydrogen-bond donors (Lipinski definition) is 2. The second-order valence-electron chi connectivity index (χ2n) is 3.50. The molecule has 0 aromatic carbocycles. The highest BCUT2D eigenvalue weighted by molar-refractivity contribution is 5.86. The summed E-state index contributed by atoms with van der Waals surface area (Å²) in [5.74, 6) is 0.0762. The molecule has 0 aliphatic carbocycles. The van der Waals surface area contributed by atoms with Gasteiger partial charge in [0.2, 0.25) is 11.8 Å². The van der Waals surface area contributed by atoms with E-state index >= 15 is 0 Å². The molecule has 0 heterocycles. The van der Waals surface area contributed by atoms with Gasteiger partial charge in [0.1, 0.15) is 6.04 Å². The van der Waals surface area contributed by atoms with Crippen LogP contribution in [0.3, 0.4) is 0 Å². The van der Waals surface area contributed by atoms with Gasteiger partial charge in [-0.1, -0.05) is 13.8 Å². The van der Waals surface area contributed by atoms with Crippen molar-refractivity contribution in [1.29, 1.82) is 0 Å². The predicted molar refractivity (Wildman–Crippen MR) is 51.1 cm³/mol. The van der Waals surface area contributed by atoms with Gasteiger partial charge in [-0.25, -0.2) is 0 Å². The van der Waals surface area contributed by atoms with Gasteiger partial charge in [-0.2, -0.15) is 0 Å². The van der Waals surface area contributed by atoms with Gasteiger partial charge < -0.3 is 10.6 Å². The largest absolute Gasteiger partial charge is 0.357 e. The number of carbonyl (C=O) groups excluding carboxylic acids is 2. The Hall–Kier alpha value is -1.06. The van der Waals surface area contributed by atoms with Crippen LogP contribution < -0.4 is 10.6 Å². The fourth-order valence-corrected chi connectivity index (χ4v) is 1.12. The summed E-state index contributed by atoms with van der Waals surface area (Å²) in [5.41, 5.74) is 0. The fourth-order valence-electron chi connectivity index (χ4n) is 1.12. The Morgan fingerprint density at radius 1 is 1.31 bits per heavy atom. The first-order valence-corrected chi connectivity index (χ1v) is 4.46. The van der Waals surface area contributed by atoms with E-state index in [1.54, 1.807) is 7.05 Å². The lowest BCUT2D eigenvalue weighted by molar-refractivity contribution is -0.128. The second-order valence-corrected chi connectivity index (χ2v) is 3.50. The molecular weight excluding hydrogens is 168 g/mol. The van der Waals surface area contributed by atoms with Gasteiger partial charge >= 0.3 is 0 Å². The first kappa shape index (κ1) is 11.9. The fraction of sp³-hybridized carbons (Fsp3) is 0.778. The molecule has 0 radical (unpaired) electrons. The number of likely N-dealkylation sites (N-methyl/N-ethyl adjacent to an activating group) is 1. The van der Waals surface area contributed by atoms with Crippen LogP contribution in [-0.4, -0.2) is 24.9 Å². The minimum Gasteiger partial charge on any atom is -0.357 e. The predicted octanol–water partition coefficient (Wildman–Crippen LogP) is 0.283. The van der Waals surface area contributed by atoms with Gasteiger partial charge in [0.15, 0.2) is 0 Å². The summed E-state index contributed by atoms with van der Waals surface area (Å²) < 4.78 is 0. The Labute approximate surface area is 79.1 Å². The average Bonchev–Trinajstić information content (AvgIpc) is 2.00. The molecule has 0 spiro atoms. The molecular formula is C9H18N2O2. The summed E-state index contributed by atoms with van der Waals surface area (Å²) in [6, 6.07) is -0.400. The minimum absolute atomic E-state index is 0.135. The zero-order valence-electron chi connectivity index (χ0n) is 8.68. The van der Waals surface area contributed by atoms with E-state index in [-0.39, 0.29) is 11.8 Å². The second kappa shape index (κ2) is 5.56. The molecule has 0 aliphatic rings. The number of nitrogens with one attached hydrogen (secondary N) is 2. The maximum absolute atomic E-state index is 11.3. The van der Waals surface area contributed by atoms with Crippen molar-refractivity contribution in [2.24, 2.45) is 5.92 Å². The van der Waals surface area contributed by atoms with Crippen LogP contribution in [0.15, 0.2) is 0 Å². The van der Waals surface area contributed by atoms with Crippen molar-refractivity contribution in [2.45, 2.75) is 33.2 Å². The third-order valence-electron chi connectivity index (χ3n) is 1.65. The molecule has 0 aliphatic heterocycles. The average molecular weight is 186 g/mol. The quantitative estimate of drug-likeness (QED) is 0.662. The van der Waals surface area contributed by atoms with E-state index in [9.17, 15) is 9.59 Å². The zero-order chi connectivity index (χ0) is 10.4. The van der Waals surface area contributed by atoms with Gasteiger partial charge in [0, 0.05) is 14.0 Å². The lowest BCUT2D eigenvalue weighted by Crippen LogP contribution is -2.45. The highest BCUT2D eigenvalue weighted by atomic mass is 16.2. The number of rotatable bonds is 4. The van der Waals surface area contributed by atoms with Crippen molar-refractivity contribution in [1.82, 2.24) is 10.6 Å². The molecule has 4 nitrogen and oxygen atoms in total. The van der Waals surface area contributed by atoms with E-state index in [4.69, 9.17) is 0 Å². The lowest BCUT2D eigenvalue weighted by atomic mass is 10.0. The smallest absolute Gasteiger partial charge is 0.242 e. The molecule has 76 valence electrons. The highest BCUT2D eigenvalue weighted by Crippen LogP contribution is 2.04. The Morgan fingerprint density at radius 3 is 2.15 bits per heavy atom. The molecule has 0 saturated heterocycles. The molecule has 0 bridgehead atoms. The summed E-state index contributed by atoms with van der Waals surface area (Å²) in [7, 11) is 1.57. The third kappa shape index (κ3) is 5.22. The number of amides is 2. The van der Waals surface area contributed by atoms with E-state index in [2.05, 4.69) is 10.6 Å². The Kier molecular flexibility index (Phi) is 5.11. The van der Waals surface area contributed by atoms with Crippen LogP contribution in [-0.2, 0) is 9.59 Å². The molecule has 0 rings (SSSR count). The summed E-state index contributed by atoms with van der Waals surface area (Å²) in [5, 5.41) is 5.13. The SMILES string of the molecule is CNC(=O)[C@H](CC(C)C)NC(C)=O. The number of hydrogen-bond acceptors (Lipinski definition) is 2. The van der Waals surface area contributed by atoms with E-state index in [0.717, 1.165) is 0 Å². The molecule has 0 unspecified atom stereocenters. The van der Waals surface area contributed by atoms with Crippen LogP contribution >= 0.6 is 0 Å². The van der Waals surface area contributed by atoms with E-state index in [1.165, 1.54) is 6.92 Å². The van der Waals surface area contributed by atoms with Gasteiger partial charge in [0.05, 0.1) is 0 Å². The summed E-state index contributed by atoms with van der Waals surface area (Å²) in [4.78, 5) is 22.0. The lowest BCUT2D eigenvalue weighted by Gasteiger charge is -2.17. The molecule has 13 heavy (non-hydrogen) atoms. The summed E-state index contributed by atoms with van der Waals surface area (Å²) in [6.45, 7) is 5.44. The van der Waals surface area contributed by atoms with Crippen LogP contribution in [0.5, 0.6) is 0 Å². The third-order valence-corrected chi connectivity index (χ3v) is 1.65. The van der Waals surface area contributed by atoms with Crippen LogP contribution in [0, 0.1) is 5.92 Å². The Balaban J connectivity index is 4.18. The van der Waals surface area contributed by atoms with Crippen molar-refractivity contribution in [3.05, 3.63) is 0 Å². The van der Waals surface area contributed by atoms with E-state index in [1.807, 2.05) is 13.8 Å². The van der Waals surface area contributed by atoms with Crippen molar-refractivity contribution < 1.29 is 9.59 Å². The Morgan fingerprint density at radius 2 is 1.85 bits per heavy atom. The topological polar surface area (TPSA) is 58.2 Å². The first-order chi connectivity index (χ1) is 5.97. The minimum atomic E-state index is -0.400. The van der Waals surface area contributed by atoms with Gasteiger partial charge in [-0.05, 0) is 12.3 Å². The van der Waals surface area contributed by atoms with Gasteiger partial charge in [-0.3, -0.25) is 9.59 Å². The van der Waals surface area contributed by atoms with Crippen LogP contribution in [0.4, 0.5) is 0 Å². The molecule has 1 atom stereocenters. The monoisotopic (exact) mass is 186 g/mol. The standard InChI is InChI=1S/C9H18N2O2/c1-6(2)5-8(9(13)10-4)11-7(3)12/h6,8H,5H2,1-4H3,(H,10,13)(H,11,12)/t8-/m0/s1. The van der Waals surface area contributed by atoms with E-state index < -0.39 is 6.04 Å². The normalized spacial score (nSPS) is 12.4. The van der Waals surface area contributed by atoms with Crippen molar-refractivity contribution in [2.75, 3.05) is 7.05 Å². The molecule has 4 heteroatoms. The number of carbonyl (C=O) groups is 2. The molecule has 2 amide bonds. The molecule has 2 N–H and O–H groups in total. The van der Waals surface area contributed by atoms with Crippen molar-refractivity contribution >= 4 is 11.8 Å². The van der Waals surface area contributed by atoms with E-state index in [0.29, 0.717) is 12.3 Å². The highest BCUT2D eigenvalue weighted by Gasteiger charge is 2.18. The summed E-state index contributed by atoms with van der Waals surface area (Å²) in [6.07, 6.45) is 0.666. The molecule has 0 saturated carbocycles. The molecule has 0 aromatic heterocycles. The van der Waals surface area contributed by atoms with Gasteiger partial charge in [-0.15, -0.1) is 0 Å². The zero-order valence-corrected chi connectivity index (χ0v) is 8.68. The maximum Gasteiger partial charge on any atom is 0.242 e. The maximum atomic E-state index is 11.3. The van der Waals surface area contributed by atoms with Gasteiger partial charge in [0.25, 0.3) is 0 Å².